The standard InChI is InChI=1S/C5H11Cl.H2/c1-2-3-4-5-6;/h2-5H2,1H3;1H. The van der Waals surface area contributed by atoms with Gasteiger partial charge in [-0.15, -0.1) is 11.6 Å². The SMILES string of the molecule is CCCCCCl.[HH]. The molecule has 0 atom stereocenters. The molecule has 40 valence electrons. The summed E-state index contributed by atoms with van der Waals surface area (Å²) in [6, 6.07) is 0. The van der Waals surface area contributed by atoms with Crippen molar-refractivity contribution in [2.45, 2.75) is 26.2 Å². The normalized spacial score (nSPS) is 9.00. The topological polar surface area (TPSA) is 0 Å². The lowest BCUT2D eigenvalue weighted by atomic mass is 10.3. The number of rotatable bonds is 3. The summed E-state index contributed by atoms with van der Waals surface area (Å²) in [4.78, 5) is 0. The second-order valence-electron chi connectivity index (χ2n) is 1.40. The van der Waals surface area contributed by atoms with Crippen LogP contribution in [0.2, 0.25) is 0 Å². The first kappa shape index (κ1) is 6.29. The van der Waals surface area contributed by atoms with Crippen molar-refractivity contribution in [3.63, 3.8) is 0 Å². The summed E-state index contributed by atoms with van der Waals surface area (Å²) in [5, 5.41) is 0. The minimum atomic E-state index is 0. The van der Waals surface area contributed by atoms with Crippen molar-refractivity contribution < 1.29 is 1.43 Å². The van der Waals surface area contributed by atoms with Gasteiger partial charge < -0.3 is 0 Å². The number of hydrogen-bond acceptors (Lipinski definition) is 0. The highest BCUT2D eigenvalue weighted by Crippen LogP contribution is 1.93. The summed E-state index contributed by atoms with van der Waals surface area (Å²) in [5.41, 5.74) is 0. The van der Waals surface area contributed by atoms with Crippen LogP contribution in [-0.2, 0) is 0 Å². The molecule has 0 bridgehead atoms. The van der Waals surface area contributed by atoms with Crippen molar-refractivity contribution in [3.05, 3.63) is 0 Å². The van der Waals surface area contributed by atoms with Crippen LogP contribution in [0.3, 0.4) is 0 Å². The van der Waals surface area contributed by atoms with Crippen molar-refractivity contribution >= 4 is 11.6 Å². The van der Waals surface area contributed by atoms with E-state index >= 15 is 0 Å². The Kier molecular flexibility index (Phi) is 5.55. The first-order valence-corrected chi connectivity index (χ1v) is 3.01. The molecule has 0 rings (SSSR count). The Labute approximate surface area is 46.0 Å². The van der Waals surface area contributed by atoms with Gasteiger partial charge in [0.2, 0.25) is 0 Å². The molecule has 0 saturated carbocycles. The zero-order valence-electron chi connectivity index (χ0n) is 4.21. The van der Waals surface area contributed by atoms with E-state index in [4.69, 9.17) is 11.6 Å². The molecule has 0 nitrogen and oxygen atoms in total. The lowest BCUT2D eigenvalue weighted by molar-refractivity contribution is 0.776. The molecule has 0 aromatic rings. The molecule has 0 fully saturated rings. The van der Waals surface area contributed by atoms with Crippen LogP contribution in [0.15, 0.2) is 0 Å². The fraction of sp³-hybridized carbons (Fsp3) is 1.00. The molecule has 0 unspecified atom stereocenters. The number of halogens is 1. The van der Waals surface area contributed by atoms with Gasteiger partial charge in [0, 0.05) is 7.31 Å². The van der Waals surface area contributed by atoms with E-state index in [1.807, 2.05) is 0 Å². The smallest absolute Gasteiger partial charge is 0.0223 e. The van der Waals surface area contributed by atoms with Gasteiger partial charge in [0.05, 0.1) is 0 Å². The molecule has 6 heavy (non-hydrogen) atoms. The van der Waals surface area contributed by atoms with E-state index < -0.39 is 0 Å². The fourth-order valence-electron chi connectivity index (χ4n) is 0.344. The molecular weight excluding hydrogens is 95.5 g/mol. The molecule has 0 heterocycles. The Balaban J connectivity index is 0. The van der Waals surface area contributed by atoms with Gasteiger partial charge >= 0.3 is 0 Å². The predicted octanol–water partition coefficient (Wildman–Crippen LogP) is 2.66. The van der Waals surface area contributed by atoms with Crippen molar-refractivity contribution in [2.24, 2.45) is 0 Å². The van der Waals surface area contributed by atoms with Crippen LogP contribution in [0, 0.1) is 0 Å². The van der Waals surface area contributed by atoms with Crippen molar-refractivity contribution in [1.29, 1.82) is 0 Å². The average molecular weight is 109 g/mol. The summed E-state index contributed by atoms with van der Waals surface area (Å²) >= 11 is 5.38. The summed E-state index contributed by atoms with van der Waals surface area (Å²) in [6.07, 6.45) is 3.73. The molecule has 1 heteroatoms. The molecule has 0 aliphatic carbocycles. The third-order valence-electron chi connectivity index (χ3n) is 0.737. The quantitative estimate of drug-likeness (QED) is 0.385. The van der Waals surface area contributed by atoms with Crippen LogP contribution in [0.1, 0.15) is 27.6 Å². The minimum absolute atomic E-state index is 0. The van der Waals surface area contributed by atoms with E-state index in [-0.39, 0.29) is 1.43 Å². The van der Waals surface area contributed by atoms with Gasteiger partial charge in [-0.2, -0.15) is 0 Å². The molecule has 0 N–H and O–H groups in total. The second kappa shape index (κ2) is 5.29. The maximum atomic E-state index is 5.38. The zero-order valence-corrected chi connectivity index (χ0v) is 4.96. The molecule has 0 aromatic heterocycles. The van der Waals surface area contributed by atoms with Crippen LogP contribution in [0.4, 0.5) is 0 Å². The highest BCUT2D eigenvalue weighted by atomic mass is 35.5. The predicted molar refractivity (Wildman–Crippen MR) is 32.4 cm³/mol. The summed E-state index contributed by atoms with van der Waals surface area (Å²) in [5.74, 6) is 0.827. The van der Waals surface area contributed by atoms with E-state index in [2.05, 4.69) is 6.92 Å². The Hall–Kier alpha value is 0.290. The van der Waals surface area contributed by atoms with Crippen LogP contribution in [-0.4, -0.2) is 5.88 Å². The molecule has 0 spiro atoms. The van der Waals surface area contributed by atoms with E-state index in [0.29, 0.717) is 0 Å². The van der Waals surface area contributed by atoms with Crippen LogP contribution in [0.25, 0.3) is 0 Å². The number of unbranched alkanes of at least 4 members (excludes halogenated alkanes) is 2. The molecule has 0 aliphatic heterocycles. The van der Waals surface area contributed by atoms with E-state index in [0.717, 1.165) is 5.88 Å². The van der Waals surface area contributed by atoms with Gasteiger partial charge in [-0.3, -0.25) is 0 Å². The first-order chi connectivity index (χ1) is 2.91. The third kappa shape index (κ3) is 4.29. The van der Waals surface area contributed by atoms with Crippen molar-refractivity contribution in [3.8, 4) is 0 Å². The van der Waals surface area contributed by atoms with Gasteiger partial charge in [-0.25, -0.2) is 0 Å². The Bertz CT molecular complexity index is 20.0. The van der Waals surface area contributed by atoms with Crippen molar-refractivity contribution in [1.82, 2.24) is 0 Å². The fourth-order valence-corrected chi connectivity index (χ4v) is 0.533. The van der Waals surface area contributed by atoms with E-state index in [1.165, 1.54) is 19.3 Å². The van der Waals surface area contributed by atoms with Crippen molar-refractivity contribution in [2.75, 3.05) is 5.88 Å². The lowest BCUT2D eigenvalue weighted by Gasteiger charge is -1.84. The van der Waals surface area contributed by atoms with E-state index in [9.17, 15) is 0 Å². The van der Waals surface area contributed by atoms with Gasteiger partial charge in [0.25, 0.3) is 0 Å². The number of hydrogen-bond donors (Lipinski definition) is 0. The largest absolute Gasteiger partial charge is 0.127 e. The molecule has 0 aromatic carbocycles. The van der Waals surface area contributed by atoms with Gasteiger partial charge in [0.15, 0.2) is 0 Å². The number of alkyl halides is 1. The molecule has 0 radical (unpaired) electrons. The Morgan fingerprint density at radius 1 is 1.50 bits per heavy atom. The maximum Gasteiger partial charge on any atom is 0.0223 e. The lowest BCUT2D eigenvalue weighted by Crippen LogP contribution is -1.70. The van der Waals surface area contributed by atoms with Crippen LogP contribution >= 0.6 is 11.6 Å². The monoisotopic (exact) mass is 108 g/mol. The minimum Gasteiger partial charge on any atom is -0.127 e. The van der Waals surface area contributed by atoms with Gasteiger partial charge in [-0.1, -0.05) is 19.8 Å². The maximum absolute atomic E-state index is 5.38. The molecule has 0 aliphatic rings. The average Bonchev–Trinajstić information content (AvgIpc) is 1.61. The molecule has 0 amide bonds. The molecule has 0 saturated heterocycles. The summed E-state index contributed by atoms with van der Waals surface area (Å²) in [6.45, 7) is 2.17. The van der Waals surface area contributed by atoms with E-state index in [1.54, 1.807) is 0 Å². The highest BCUT2D eigenvalue weighted by molar-refractivity contribution is 6.17. The second-order valence-corrected chi connectivity index (χ2v) is 1.77. The van der Waals surface area contributed by atoms with Gasteiger partial charge in [0.1, 0.15) is 0 Å². The van der Waals surface area contributed by atoms with Crippen LogP contribution < -0.4 is 0 Å². The molecular formula is C5H13Cl. The highest BCUT2D eigenvalue weighted by Gasteiger charge is 1.76. The zero-order chi connectivity index (χ0) is 4.83. The van der Waals surface area contributed by atoms with Gasteiger partial charge in [-0.05, 0) is 6.42 Å². The summed E-state index contributed by atoms with van der Waals surface area (Å²) in [7, 11) is 0. The first-order valence-electron chi connectivity index (χ1n) is 2.47. The Morgan fingerprint density at radius 2 is 2.17 bits per heavy atom. The Morgan fingerprint density at radius 3 is 2.33 bits per heavy atom. The third-order valence-corrected chi connectivity index (χ3v) is 1.00. The summed E-state index contributed by atoms with van der Waals surface area (Å²) < 4.78 is 0. The van der Waals surface area contributed by atoms with Crippen LogP contribution in [0.5, 0.6) is 0 Å².